The van der Waals surface area contributed by atoms with Crippen molar-refractivity contribution in [2.24, 2.45) is 25.7 Å². The number of halogens is 1. The minimum atomic E-state index is -0.387. The molecule has 1 aliphatic carbocycles. The fourth-order valence-corrected chi connectivity index (χ4v) is 9.15. The highest BCUT2D eigenvalue weighted by Gasteiger charge is 2.45. The lowest BCUT2D eigenvalue weighted by Gasteiger charge is -2.34. The maximum Gasteiger partial charge on any atom is 0.288 e. The molecule has 1 amide bonds. The highest BCUT2D eigenvalue weighted by Crippen LogP contribution is 2.44. The van der Waals surface area contributed by atoms with Crippen molar-refractivity contribution in [2.75, 3.05) is 53.4 Å². The van der Waals surface area contributed by atoms with Crippen LogP contribution in [0, 0.1) is 5.82 Å². The zero-order valence-electron chi connectivity index (χ0n) is 36.6. The van der Waals surface area contributed by atoms with Crippen molar-refractivity contribution < 1.29 is 19.0 Å². The number of carbonyl (C=O) groups is 1. The van der Waals surface area contributed by atoms with E-state index in [0.29, 0.717) is 49.2 Å². The van der Waals surface area contributed by atoms with Crippen LogP contribution >= 0.6 is 0 Å². The molecule has 0 aromatic heterocycles. The molecule has 12 heteroatoms. The number of carbonyl (C=O) groups excluding carboxylic acids is 1. The number of phenols is 1. The standard InChI is InChI=1S/C47H63FN8O3/c1-10-16-39(59-28-47-19-13-23-56(47)24-14-20-47)53-45(55-22-15-21-50-38(27-55)52-44(49)46(58)54(8)9)41-31(7)30(6)40(43(35(41)12-3)51-29(4)5)36-26-33(57)25-32-17-18-37(48)34(11-2)42(32)36/h12,16-18,25-26,29,57H,10-11,13-15,19-24,27-28H2,1-9H3,(H2,49,50,52)/b35-12-,39-16-,51-43?,53-45+. The van der Waals surface area contributed by atoms with E-state index in [1.165, 1.54) is 23.8 Å². The minimum absolute atomic E-state index is 0.0246. The Kier molecular flexibility index (Phi) is 13.6. The molecular formula is C47H63FN8O3. The molecule has 3 aliphatic heterocycles. The van der Waals surface area contributed by atoms with Crippen LogP contribution in [0.3, 0.4) is 0 Å². The van der Waals surface area contributed by atoms with Crippen LogP contribution in [-0.2, 0) is 16.0 Å². The smallest absolute Gasteiger partial charge is 0.288 e. The summed E-state index contributed by atoms with van der Waals surface area (Å²) in [5.41, 5.74) is 12.8. The van der Waals surface area contributed by atoms with Crippen LogP contribution in [0.2, 0.25) is 0 Å². The molecule has 316 valence electrons. The van der Waals surface area contributed by atoms with Crippen molar-refractivity contribution in [3.8, 4) is 5.75 Å². The van der Waals surface area contributed by atoms with Gasteiger partial charge in [0.05, 0.1) is 17.8 Å². The summed E-state index contributed by atoms with van der Waals surface area (Å²) in [6, 6.07) is 6.55. The summed E-state index contributed by atoms with van der Waals surface area (Å²) in [7, 11) is 3.29. The van der Waals surface area contributed by atoms with Crippen LogP contribution in [0.4, 0.5) is 4.39 Å². The predicted molar refractivity (Wildman–Crippen MR) is 240 cm³/mol. The number of benzene rings is 2. The van der Waals surface area contributed by atoms with Crippen LogP contribution in [0.25, 0.3) is 16.3 Å². The molecule has 6 rings (SSSR count). The van der Waals surface area contributed by atoms with E-state index in [1.807, 2.05) is 27.7 Å². The summed E-state index contributed by atoms with van der Waals surface area (Å²) in [5, 5.41) is 12.7. The number of aryl methyl sites for hydroxylation is 1. The van der Waals surface area contributed by atoms with Gasteiger partial charge in [-0.1, -0.05) is 26.0 Å². The van der Waals surface area contributed by atoms with Crippen LogP contribution in [0.1, 0.15) is 98.1 Å². The van der Waals surface area contributed by atoms with Crippen LogP contribution < -0.4 is 5.73 Å². The number of fused-ring (bicyclic) bond motifs is 2. The molecule has 2 saturated heterocycles. The van der Waals surface area contributed by atoms with E-state index >= 15 is 4.39 Å². The van der Waals surface area contributed by atoms with Gasteiger partial charge in [-0.3, -0.25) is 19.7 Å². The first-order valence-corrected chi connectivity index (χ1v) is 21.4. The van der Waals surface area contributed by atoms with Crippen LogP contribution in [0.15, 0.2) is 84.6 Å². The number of hydrogen-bond acceptors (Lipinski definition) is 8. The topological polar surface area (TPSA) is 132 Å². The Balaban J connectivity index is 1.60. The Bertz CT molecular complexity index is 2210. The van der Waals surface area contributed by atoms with Gasteiger partial charge in [0.2, 0.25) is 5.88 Å². The zero-order valence-corrected chi connectivity index (χ0v) is 36.6. The average molecular weight is 807 g/mol. The Morgan fingerprint density at radius 3 is 2.47 bits per heavy atom. The number of likely N-dealkylation sites (N-methyl/N-ethyl adjacent to an activating group) is 1. The number of nitrogens with two attached hydrogens (primary N) is 1. The number of rotatable bonds is 9. The van der Waals surface area contributed by atoms with Crippen molar-refractivity contribution in [2.45, 2.75) is 105 Å². The van der Waals surface area contributed by atoms with Crippen LogP contribution in [-0.4, -0.2) is 114 Å². The molecule has 3 N–H and O–H groups in total. The van der Waals surface area contributed by atoms with E-state index in [4.69, 9.17) is 25.4 Å². The van der Waals surface area contributed by atoms with E-state index in [-0.39, 0.29) is 41.4 Å². The molecule has 3 heterocycles. The third-order valence-electron chi connectivity index (χ3n) is 12.0. The second kappa shape index (κ2) is 18.4. The number of amidine groups is 3. The summed E-state index contributed by atoms with van der Waals surface area (Å²) in [6.07, 6.45) is 10.6. The molecule has 59 heavy (non-hydrogen) atoms. The molecule has 0 spiro atoms. The summed E-state index contributed by atoms with van der Waals surface area (Å²) in [6.45, 7) is 18.5. The maximum absolute atomic E-state index is 15.6. The minimum Gasteiger partial charge on any atom is -0.508 e. The predicted octanol–water partition coefficient (Wildman–Crippen LogP) is 7.99. The molecule has 2 aromatic rings. The van der Waals surface area contributed by atoms with Gasteiger partial charge in [0.15, 0.2) is 5.84 Å². The normalized spacial score (nSPS) is 21.0. The fraction of sp³-hybridized carbons (Fsp3) is 0.511. The monoisotopic (exact) mass is 807 g/mol. The van der Waals surface area contributed by atoms with E-state index in [2.05, 4.69) is 47.7 Å². The zero-order chi connectivity index (χ0) is 42.6. The summed E-state index contributed by atoms with van der Waals surface area (Å²) < 4.78 is 22.4. The highest BCUT2D eigenvalue weighted by molar-refractivity contribution is 6.40. The molecule has 0 atom stereocenters. The largest absolute Gasteiger partial charge is 0.508 e. The summed E-state index contributed by atoms with van der Waals surface area (Å²) in [4.78, 5) is 39.1. The summed E-state index contributed by atoms with van der Waals surface area (Å²) >= 11 is 0. The van der Waals surface area contributed by atoms with Gasteiger partial charge in [-0.15, -0.1) is 0 Å². The second-order valence-electron chi connectivity index (χ2n) is 16.6. The van der Waals surface area contributed by atoms with Gasteiger partial charge >= 0.3 is 0 Å². The number of hydrogen-bond donors (Lipinski definition) is 2. The van der Waals surface area contributed by atoms with E-state index in [1.54, 1.807) is 32.3 Å². The molecular weight excluding hydrogens is 744 g/mol. The molecule has 4 aliphatic rings. The van der Waals surface area contributed by atoms with Crippen molar-refractivity contribution in [3.05, 3.63) is 81.5 Å². The maximum atomic E-state index is 15.6. The van der Waals surface area contributed by atoms with Gasteiger partial charge < -0.3 is 25.4 Å². The Morgan fingerprint density at radius 1 is 1.10 bits per heavy atom. The second-order valence-corrected chi connectivity index (χ2v) is 16.6. The number of amides is 1. The molecule has 11 nitrogen and oxygen atoms in total. The molecule has 0 saturated carbocycles. The van der Waals surface area contributed by atoms with Gasteiger partial charge in [0, 0.05) is 49.9 Å². The number of allylic oxidation sites excluding steroid dienone is 5. The molecule has 0 radical (unpaired) electrons. The lowest BCUT2D eigenvalue weighted by atomic mass is 9.76. The number of aromatic hydroxyl groups is 1. The van der Waals surface area contributed by atoms with Crippen molar-refractivity contribution >= 4 is 45.5 Å². The van der Waals surface area contributed by atoms with Gasteiger partial charge in [0.25, 0.3) is 5.91 Å². The van der Waals surface area contributed by atoms with Crippen molar-refractivity contribution in [1.82, 2.24) is 14.7 Å². The van der Waals surface area contributed by atoms with Gasteiger partial charge in [-0.05, 0) is 150 Å². The Morgan fingerprint density at radius 2 is 1.83 bits per heavy atom. The van der Waals surface area contributed by atoms with E-state index in [9.17, 15) is 9.90 Å². The van der Waals surface area contributed by atoms with Gasteiger partial charge in [0.1, 0.15) is 29.8 Å². The number of phenolic OH excluding ortho intramolecular Hbond substituents is 1. The number of aliphatic imine (C=N–C) groups is 4. The summed E-state index contributed by atoms with van der Waals surface area (Å²) in [5.74, 6) is 0.981. The van der Waals surface area contributed by atoms with Crippen LogP contribution in [0.5, 0.6) is 5.75 Å². The number of ether oxygens (including phenoxy) is 1. The SMILES string of the molecule is C/C=C1\C(=NC(C)C)C(c2cc(O)cc3ccc(F)c(CC)c23)=C(C)C(C)=C1/C(=N\C(=C\CC)OCC12CCCN1CCC2)N1CCCN=C(N=C(N)C(=O)N(C)C)C1. The average Bonchev–Trinajstić information content (AvgIpc) is 3.70. The molecule has 0 bridgehead atoms. The quantitative estimate of drug-likeness (QED) is 0.150. The van der Waals surface area contributed by atoms with Gasteiger partial charge in [-0.25, -0.2) is 9.38 Å². The molecule has 2 aromatic carbocycles. The fourth-order valence-electron chi connectivity index (χ4n) is 9.15. The third-order valence-corrected chi connectivity index (χ3v) is 12.0. The first-order valence-electron chi connectivity index (χ1n) is 21.4. The lowest BCUT2D eigenvalue weighted by molar-refractivity contribution is -0.121. The van der Waals surface area contributed by atoms with E-state index < -0.39 is 0 Å². The third kappa shape index (κ3) is 8.93. The van der Waals surface area contributed by atoms with Crippen molar-refractivity contribution in [3.63, 3.8) is 0 Å². The Hall–Kier alpha value is -5.10. The molecule has 2 fully saturated rings. The number of nitrogens with zero attached hydrogens (tertiary/aromatic N) is 7. The Labute approximate surface area is 349 Å². The highest BCUT2D eigenvalue weighted by atomic mass is 19.1. The molecule has 0 unspecified atom stereocenters. The lowest BCUT2D eigenvalue weighted by Crippen LogP contribution is -2.42. The first kappa shape index (κ1) is 43.5. The van der Waals surface area contributed by atoms with E-state index in [0.717, 1.165) is 88.7 Å². The first-order chi connectivity index (χ1) is 28.2. The van der Waals surface area contributed by atoms with Crippen molar-refractivity contribution in [1.29, 1.82) is 0 Å². The van der Waals surface area contributed by atoms with Gasteiger partial charge in [-0.2, -0.15) is 4.99 Å².